The molecule has 9 heteroatoms. The van der Waals surface area contributed by atoms with E-state index >= 15 is 0 Å². The van der Waals surface area contributed by atoms with E-state index < -0.39 is 15.9 Å². The second-order valence-electron chi connectivity index (χ2n) is 9.35. The van der Waals surface area contributed by atoms with Crippen molar-refractivity contribution in [1.29, 1.82) is 0 Å². The van der Waals surface area contributed by atoms with E-state index in [1.54, 1.807) is 22.5 Å². The Morgan fingerprint density at radius 2 is 1.74 bits per heavy atom. The van der Waals surface area contributed by atoms with E-state index in [-0.39, 0.29) is 36.2 Å². The van der Waals surface area contributed by atoms with Gasteiger partial charge >= 0.3 is 0 Å². The van der Waals surface area contributed by atoms with Crippen molar-refractivity contribution in [3.63, 3.8) is 0 Å². The van der Waals surface area contributed by atoms with Gasteiger partial charge in [-0.15, -0.1) is 0 Å². The smallest absolute Gasteiger partial charge is 0.248 e. The van der Waals surface area contributed by atoms with Gasteiger partial charge in [0.05, 0.1) is 12.2 Å². The Morgan fingerprint density at radius 1 is 1.06 bits per heavy atom. The number of nitrogens with two attached hydrogens (primary N) is 1. The summed E-state index contributed by atoms with van der Waals surface area (Å²) in [6.07, 6.45) is 5.63. The molecule has 4 aliphatic rings. The van der Waals surface area contributed by atoms with Gasteiger partial charge in [0, 0.05) is 35.9 Å². The highest BCUT2D eigenvalue weighted by Gasteiger charge is 2.49. The van der Waals surface area contributed by atoms with E-state index in [0.717, 1.165) is 50.0 Å². The van der Waals surface area contributed by atoms with Gasteiger partial charge in [0.2, 0.25) is 21.8 Å². The molecule has 0 saturated carbocycles. The molecule has 3 saturated heterocycles. The van der Waals surface area contributed by atoms with E-state index in [4.69, 9.17) is 5.73 Å². The fraction of sp³-hybridized carbons (Fsp3) is 0.636. The van der Waals surface area contributed by atoms with Crippen molar-refractivity contribution in [3.8, 4) is 0 Å². The first-order valence-corrected chi connectivity index (χ1v) is 12.9. The number of anilines is 1. The predicted octanol–water partition coefficient (Wildman–Crippen LogP) is 1.10. The largest absolute Gasteiger partial charge is 0.366 e. The Bertz CT molecular complexity index is 991. The number of sulfonamides is 1. The number of amides is 2. The first kappa shape index (κ1) is 20.9. The summed E-state index contributed by atoms with van der Waals surface area (Å²) in [5.41, 5.74) is 7.46. The number of rotatable bonds is 6. The molecule has 2 bridgehead atoms. The van der Waals surface area contributed by atoms with Crippen LogP contribution in [0.5, 0.6) is 0 Å². The van der Waals surface area contributed by atoms with Gasteiger partial charge in [-0.3, -0.25) is 9.59 Å². The van der Waals surface area contributed by atoms with Crippen molar-refractivity contribution in [2.75, 3.05) is 30.3 Å². The molecule has 8 nitrogen and oxygen atoms in total. The van der Waals surface area contributed by atoms with Gasteiger partial charge in [-0.1, -0.05) is 0 Å². The van der Waals surface area contributed by atoms with Crippen LogP contribution >= 0.6 is 0 Å². The number of carbonyl (C=O) groups excluding carboxylic acids is 2. The van der Waals surface area contributed by atoms with Gasteiger partial charge in [0.15, 0.2) is 0 Å². The summed E-state index contributed by atoms with van der Waals surface area (Å²) in [4.78, 5) is 28.4. The molecule has 0 spiro atoms. The molecule has 4 aliphatic heterocycles. The number of primary amides is 1. The van der Waals surface area contributed by atoms with Gasteiger partial charge in [0.1, 0.15) is 0 Å². The van der Waals surface area contributed by atoms with Crippen LogP contribution in [0.3, 0.4) is 0 Å². The Labute approximate surface area is 183 Å². The van der Waals surface area contributed by atoms with Gasteiger partial charge in [-0.25, -0.2) is 8.42 Å². The second kappa shape index (κ2) is 7.86. The first-order valence-electron chi connectivity index (χ1n) is 11.3. The number of piperidine rings is 1. The van der Waals surface area contributed by atoms with Crippen LogP contribution in [0.1, 0.15) is 54.4 Å². The van der Waals surface area contributed by atoms with E-state index in [0.29, 0.717) is 24.9 Å². The zero-order valence-electron chi connectivity index (χ0n) is 17.7. The summed E-state index contributed by atoms with van der Waals surface area (Å²) in [7, 11) is -3.31. The maximum absolute atomic E-state index is 13.2. The highest BCUT2D eigenvalue weighted by molar-refractivity contribution is 7.89. The Morgan fingerprint density at radius 3 is 2.39 bits per heavy atom. The van der Waals surface area contributed by atoms with Crippen molar-refractivity contribution in [2.45, 2.75) is 63.1 Å². The minimum Gasteiger partial charge on any atom is -0.366 e. The van der Waals surface area contributed by atoms with Crippen molar-refractivity contribution < 1.29 is 18.0 Å². The number of hydrogen-bond donors (Lipinski definition) is 1. The number of hydrogen-bond acceptors (Lipinski definition) is 5. The van der Waals surface area contributed by atoms with Crippen molar-refractivity contribution in [2.24, 2.45) is 5.73 Å². The van der Waals surface area contributed by atoms with Crippen LogP contribution in [0, 0.1) is 0 Å². The molecule has 3 fully saturated rings. The molecule has 5 rings (SSSR count). The topological polar surface area (TPSA) is 104 Å². The third-order valence-electron chi connectivity index (χ3n) is 7.43. The van der Waals surface area contributed by atoms with Crippen molar-refractivity contribution in [3.05, 3.63) is 29.3 Å². The van der Waals surface area contributed by atoms with E-state index in [9.17, 15) is 18.0 Å². The normalized spacial score (nSPS) is 29.0. The number of fused-ring (bicyclic) bond motifs is 3. The summed E-state index contributed by atoms with van der Waals surface area (Å²) in [5, 5.41) is 0. The third kappa shape index (κ3) is 3.76. The Hall–Kier alpha value is -1.97. The van der Waals surface area contributed by atoms with Crippen LogP contribution in [0.25, 0.3) is 0 Å². The molecular weight excluding hydrogens is 416 g/mol. The first-order chi connectivity index (χ1) is 14.8. The Balaban J connectivity index is 1.31. The lowest BCUT2D eigenvalue weighted by Crippen LogP contribution is -2.54. The van der Waals surface area contributed by atoms with Gasteiger partial charge < -0.3 is 15.5 Å². The van der Waals surface area contributed by atoms with Gasteiger partial charge in [-0.2, -0.15) is 4.31 Å². The van der Waals surface area contributed by atoms with Crippen LogP contribution in [-0.4, -0.2) is 72.9 Å². The highest BCUT2D eigenvalue weighted by atomic mass is 32.2. The lowest BCUT2D eigenvalue weighted by atomic mass is 9.98. The number of benzene rings is 1. The number of nitrogens with zero attached hydrogens (tertiary/aromatic N) is 3. The molecule has 1 aromatic rings. The standard InChI is InChI=1S/C22H30N4O4S/c23-22(28)15-3-6-20-16(11-15)12-21(27)25(20)19-13-17-4-5-18(14-19)26(17)31(29,30)10-9-24-7-1-2-8-24/h3,6,11,17-19H,1-2,4-5,7-10,12-14H2,(H2,23,28). The molecule has 2 amide bonds. The molecule has 2 atom stereocenters. The third-order valence-corrected chi connectivity index (χ3v) is 9.36. The maximum Gasteiger partial charge on any atom is 0.248 e. The number of likely N-dealkylation sites (tertiary alicyclic amines) is 1. The van der Waals surface area contributed by atoms with Crippen LogP contribution in [0.4, 0.5) is 5.69 Å². The van der Waals surface area contributed by atoms with Crippen LogP contribution < -0.4 is 10.6 Å². The van der Waals surface area contributed by atoms with Crippen LogP contribution in [0.2, 0.25) is 0 Å². The molecule has 168 valence electrons. The minimum absolute atomic E-state index is 0.00397. The fourth-order valence-electron chi connectivity index (χ4n) is 6.02. The van der Waals surface area contributed by atoms with E-state index in [1.807, 2.05) is 4.90 Å². The van der Waals surface area contributed by atoms with Crippen LogP contribution in [0.15, 0.2) is 18.2 Å². The summed E-state index contributed by atoms with van der Waals surface area (Å²) in [6, 6.07) is 5.11. The number of carbonyl (C=O) groups is 2. The van der Waals surface area contributed by atoms with Gasteiger partial charge in [0.25, 0.3) is 0 Å². The summed E-state index contributed by atoms with van der Waals surface area (Å²) >= 11 is 0. The minimum atomic E-state index is -3.31. The molecule has 0 radical (unpaired) electrons. The molecule has 31 heavy (non-hydrogen) atoms. The highest BCUT2D eigenvalue weighted by Crippen LogP contribution is 2.43. The van der Waals surface area contributed by atoms with Crippen molar-refractivity contribution >= 4 is 27.5 Å². The second-order valence-corrected chi connectivity index (χ2v) is 11.3. The Kier molecular flexibility index (Phi) is 5.30. The zero-order chi connectivity index (χ0) is 21.8. The van der Waals surface area contributed by atoms with E-state index in [2.05, 4.69) is 4.90 Å². The maximum atomic E-state index is 13.2. The lowest BCUT2D eigenvalue weighted by Gasteiger charge is -2.41. The molecular formula is C22H30N4O4S. The van der Waals surface area contributed by atoms with Crippen LogP contribution in [-0.2, 0) is 21.2 Å². The average molecular weight is 447 g/mol. The fourth-order valence-corrected chi connectivity index (χ4v) is 8.02. The summed E-state index contributed by atoms with van der Waals surface area (Å²) < 4.78 is 28.1. The molecule has 2 N–H and O–H groups in total. The zero-order valence-corrected chi connectivity index (χ0v) is 18.5. The summed E-state index contributed by atoms with van der Waals surface area (Å²) in [5.74, 6) is -0.294. The SMILES string of the molecule is NC(=O)c1ccc2c(c1)CC(=O)N2C1CC2CCC(C1)N2S(=O)(=O)CCN1CCCC1. The molecule has 2 unspecified atom stereocenters. The molecule has 4 heterocycles. The predicted molar refractivity (Wildman–Crippen MR) is 117 cm³/mol. The average Bonchev–Trinajstić information content (AvgIpc) is 3.42. The van der Waals surface area contributed by atoms with Crippen molar-refractivity contribution in [1.82, 2.24) is 9.21 Å². The summed E-state index contributed by atoms with van der Waals surface area (Å²) in [6.45, 7) is 2.61. The monoisotopic (exact) mass is 446 g/mol. The lowest BCUT2D eigenvalue weighted by molar-refractivity contribution is -0.118. The molecule has 0 aromatic heterocycles. The van der Waals surface area contributed by atoms with E-state index in [1.165, 1.54) is 0 Å². The van der Waals surface area contributed by atoms with Gasteiger partial charge in [-0.05, 0) is 75.4 Å². The quantitative estimate of drug-likeness (QED) is 0.705. The molecule has 0 aliphatic carbocycles. The molecule has 1 aromatic carbocycles.